The monoisotopic (exact) mass is 227 g/mol. The second kappa shape index (κ2) is 5.25. The molecule has 1 aliphatic heterocycles. The molecule has 0 spiro atoms. The molecule has 0 aromatic rings. The van der Waals surface area contributed by atoms with Crippen LogP contribution in [-0.2, 0) is 9.53 Å². The molecule has 2 aliphatic rings. The van der Waals surface area contributed by atoms with Gasteiger partial charge in [0.1, 0.15) is 5.78 Å². The Morgan fingerprint density at radius 3 is 3.00 bits per heavy atom. The zero-order valence-electron chi connectivity index (χ0n) is 9.89. The molecule has 1 N–H and O–H groups in total. The molecule has 1 aliphatic carbocycles. The summed E-state index contributed by atoms with van der Waals surface area (Å²) < 4.78 is 5.61. The predicted molar refractivity (Wildman–Crippen MR) is 60.3 cm³/mol. The van der Waals surface area contributed by atoms with Crippen molar-refractivity contribution in [2.24, 2.45) is 0 Å². The molecule has 3 atom stereocenters. The minimum absolute atomic E-state index is 0.0709. The first kappa shape index (κ1) is 12.0. The van der Waals surface area contributed by atoms with Crippen molar-refractivity contribution in [2.75, 3.05) is 19.7 Å². The van der Waals surface area contributed by atoms with E-state index in [9.17, 15) is 4.79 Å². The first-order valence-corrected chi connectivity index (χ1v) is 6.21. The molecule has 4 heteroatoms. The summed E-state index contributed by atoms with van der Waals surface area (Å²) in [7, 11) is 0. The molecule has 4 nitrogen and oxygen atoms in total. The average molecular weight is 227 g/mol. The van der Waals surface area contributed by atoms with Crippen molar-refractivity contribution in [3.05, 3.63) is 0 Å². The molecule has 0 aromatic carbocycles. The number of aliphatic hydroxyl groups excluding tert-OH is 1. The van der Waals surface area contributed by atoms with Crippen LogP contribution in [0.2, 0.25) is 0 Å². The summed E-state index contributed by atoms with van der Waals surface area (Å²) in [5.74, 6) is 0.385. The fourth-order valence-electron chi connectivity index (χ4n) is 2.79. The van der Waals surface area contributed by atoms with Gasteiger partial charge in [-0.2, -0.15) is 0 Å². The van der Waals surface area contributed by atoms with Gasteiger partial charge in [-0.05, 0) is 19.8 Å². The smallest absolute Gasteiger partial charge is 0.134 e. The van der Waals surface area contributed by atoms with E-state index >= 15 is 0 Å². The van der Waals surface area contributed by atoms with Crippen molar-refractivity contribution in [1.29, 1.82) is 0 Å². The number of carbonyl (C=O) groups excluding carboxylic acids is 1. The van der Waals surface area contributed by atoms with Crippen molar-refractivity contribution in [1.82, 2.24) is 4.90 Å². The van der Waals surface area contributed by atoms with E-state index in [2.05, 4.69) is 4.90 Å². The first-order valence-electron chi connectivity index (χ1n) is 6.21. The molecule has 1 saturated heterocycles. The SMILES string of the molecule is CC1CN(C2CCCC(=O)C2)CC(CO)O1. The topological polar surface area (TPSA) is 49.8 Å². The van der Waals surface area contributed by atoms with Gasteiger partial charge in [0.05, 0.1) is 18.8 Å². The van der Waals surface area contributed by atoms with Gasteiger partial charge < -0.3 is 9.84 Å². The van der Waals surface area contributed by atoms with E-state index in [1.165, 1.54) is 0 Å². The van der Waals surface area contributed by atoms with Crippen molar-refractivity contribution in [3.8, 4) is 0 Å². The lowest BCUT2D eigenvalue weighted by Gasteiger charge is -2.41. The second-order valence-corrected chi connectivity index (χ2v) is 4.99. The highest BCUT2D eigenvalue weighted by Crippen LogP contribution is 2.23. The van der Waals surface area contributed by atoms with Gasteiger partial charge in [-0.1, -0.05) is 0 Å². The molecule has 2 rings (SSSR count). The fourth-order valence-corrected chi connectivity index (χ4v) is 2.79. The highest BCUT2D eigenvalue weighted by Gasteiger charge is 2.32. The van der Waals surface area contributed by atoms with Crippen LogP contribution in [0, 0.1) is 0 Å². The summed E-state index contributed by atoms with van der Waals surface area (Å²) in [6.45, 7) is 3.74. The van der Waals surface area contributed by atoms with Gasteiger partial charge in [-0.15, -0.1) is 0 Å². The normalized spacial score (nSPS) is 37.6. The zero-order chi connectivity index (χ0) is 11.5. The van der Waals surface area contributed by atoms with E-state index in [1.807, 2.05) is 6.92 Å². The number of hydrogen-bond donors (Lipinski definition) is 1. The Kier molecular flexibility index (Phi) is 3.95. The Hall–Kier alpha value is -0.450. The largest absolute Gasteiger partial charge is 0.394 e. The van der Waals surface area contributed by atoms with Crippen LogP contribution in [0.3, 0.4) is 0 Å². The van der Waals surface area contributed by atoms with E-state index < -0.39 is 0 Å². The molecular formula is C12H21NO3. The minimum Gasteiger partial charge on any atom is -0.394 e. The number of hydrogen-bond acceptors (Lipinski definition) is 4. The number of nitrogens with zero attached hydrogens (tertiary/aromatic N) is 1. The maximum Gasteiger partial charge on any atom is 0.134 e. The molecule has 1 heterocycles. The van der Waals surface area contributed by atoms with Gasteiger partial charge in [-0.3, -0.25) is 9.69 Å². The van der Waals surface area contributed by atoms with Crippen LogP contribution in [0.25, 0.3) is 0 Å². The van der Waals surface area contributed by atoms with E-state index in [0.717, 1.165) is 32.4 Å². The number of ether oxygens (including phenoxy) is 1. The Balaban J connectivity index is 1.94. The second-order valence-electron chi connectivity index (χ2n) is 4.99. The van der Waals surface area contributed by atoms with Crippen molar-refractivity contribution in [3.63, 3.8) is 0 Å². The Morgan fingerprint density at radius 1 is 1.50 bits per heavy atom. The number of rotatable bonds is 2. The highest BCUT2D eigenvalue weighted by molar-refractivity contribution is 5.79. The average Bonchev–Trinajstić information content (AvgIpc) is 2.28. The van der Waals surface area contributed by atoms with Gasteiger partial charge >= 0.3 is 0 Å². The summed E-state index contributed by atoms with van der Waals surface area (Å²) in [6, 6.07) is 0.377. The molecule has 0 aromatic heterocycles. The Morgan fingerprint density at radius 2 is 2.31 bits per heavy atom. The predicted octanol–water partition coefficient (Wildman–Crippen LogP) is 0.580. The van der Waals surface area contributed by atoms with E-state index in [-0.39, 0.29) is 18.8 Å². The molecule has 0 radical (unpaired) electrons. The van der Waals surface area contributed by atoms with E-state index in [0.29, 0.717) is 18.2 Å². The quantitative estimate of drug-likeness (QED) is 0.749. The third-order valence-corrected chi connectivity index (χ3v) is 3.53. The standard InChI is InChI=1S/C12H21NO3/c1-9-6-13(7-12(8-14)16-9)10-3-2-4-11(15)5-10/h9-10,12,14H,2-8H2,1H3. The summed E-state index contributed by atoms with van der Waals surface area (Å²) in [4.78, 5) is 13.8. The van der Waals surface area contributed by atoms with Crippen molar-refractivity contribution < 1.29 is 14.6 Å². The first-order chi connectivity index (χ1) is 7.69. The molecule has 16 heavy (non-hydrogen) atoms. The van der Waals surface area contributed by atoms with Crippen LogP contribution < -0.4 is 0 Å². The number of aliphatic hydroxyl groups is 1. The van der Waals surface area contributed by atoms with Gasteiger partial charge in [0, 0.05) is 32.0 Å². The third-order valence-electron chi connectivity index (χ3n) is 3.53. The molecule has 3 unspecified atom stereocenters. The summed E-state index contributed by atoms with van der Waals surface area (Å²) in [5, 5.41) is 9.16. The van der Waals surface area contributed by atoms with E-state index in [4.69, 9.17) is 9.84 Å². The summed E-state index contributed by atoms with van der Waals surface area (Å²) in [5.41, 5.74) is 0. The molecule has 0 amide bonds. The number of Topliss-reactive ketones (excluding diaryl/α,β-unsaturated/α-hetero) is 1. The number of ketones is 1. The molecule has 2 fully saturated rings. The Labute approximate surface area is 96.6 Å². The maximum absolute atomic E-state index is 11.4. The van der Waals surface area contributed by atoms with Gasteiger partial charge in [0.25, 0.3) is 0 Å². The van der Waals surface area contributed by atoms with Crippen LogP contribution in [0.15, 0.2) is 0 Å². The lowest BCUT2D eigenvalue weighted by molar-refractivity contribution is -0.128. The fraction of sp³-hybridized carbons (Fsp3) is 0.917. The van der Waals surface area contributed by atoms with Gasteiger partial charge in [0.2, 0.25) is 0 Å². The molecular weight excluding hydrogens is 206 g/mol. The van der Waals surface area contributed by atoms with Gasteiger partial charge in [0.15, 0.2) is 0 Å². The van der Waals surface area contributed by atoms with Crippen LogP contribution in [0.1, 0.15) is 32.6 Å². The number of carbonyl (C=O) groups is 1. The summed E-state index contributed by atoms with van der Waals surface area (Å²) >= 11 is 0. The maximum atomic E-state index is 11.4. The Bertz CT molecular complexity index is 257. The molecule has 92 valence electrons. The van der Waals surface area contributed by atoms with Crippen molar-refractivity contribution >= 4 is 5.78 Å². The third kappa shape index (κ3) is 2.81. The molecule has 1 saturated carbocycles. The lowest BCUT2D eigenvalue weighted by Crippen LogP contribution is -2.53. The molecule has 0 bridgehead atoms. The van der Waals surface area contributed by atoms with Gasteiger partial charge in [-0.25, -0.2) is 0 Å². The zero-order valence-corrected chi connectivity index (χ0v) is 9.89. The number of morpholine rings is 1. The van der Waals surface area contributed by atoms with E-state index in [1.54, 1.807) is 0 Å². The van der Waals surface area contributed by atoms with Crippen LogP contribution >= 0.6 is 0 Å². The minimum atomic E-state index is -0.0826. The highest BCUT2D eigenvalue weighted by atomic mass is 16.5. The van der Waals surface area contributed by atoms with Crippen LogP contribution in [0.5, 0.6) is 0 Å². The van der Waals surface area contributed by atoms with Crippen LogP contribution in [-0.4, -0.2) is 53.7 Å². The van der Waals surface area contributed by atoms with Crippen LogP contribution in [0.4, 0.5) is 0 Å². The lowest BCUT2D eigenvalue weighted by atomic mass is 9.92. The summed E-state index contributed by atoms with van der Waals surface area (Å²) in [6.07, 6.45) is 3.63. The van der Waals surface area contributed by atoms with Crippen molar-refractivity contribution in [2.45, 2.75) is 50.9 Å².